The topological polar surface area (TPSA) is 292 Å². The Morgan fingerprint density at radius 1 is 0.440 bits per heavy atom. The Morgan fingerprint density at radius 3 is 1.22 bits per heavy atom. The van der Waals surface area contributed by atoms with Gasteiger partial charge in [-0.1, -0.05) is 117 Å². The van der Waals surface area contributed by atoms with Gasteiger partial charge in [0, 0.05) is 148 Å². The molecule has 14 heterocycles. The lowest BCUT2D eigenvalue weighted by Crippen LogP contribution is -2.42. The summed E-state index contributed by atoms with van der Waals surface area (Å²) in [5.41, 5.74) is 10.5. The van der Waals surface area contributed by atoms with Crippen LogP contribution in [0.25, 0.3) is 0 Å². The third kappa shape index (κ3) is 20.9. The first-order valence-electron chi connectivity index (χ1n) is 42.2. The fraction of sp³-hybridized carbons (Fsp3) is 0.398. The SMILES string of the molecule is C.C.Cc1cccc(C2CCN(c3nc4c(c(NC5CCOCC5)n3)S(=O)CC4)CC2)c1.Cc1coc(C2CCN(c3nc4c(c(Nc5cccc(F)c5)n3)S(=O)CC4)CC2)n1.N#CC1(c2ccccc2)CCN(c2nc3c(c(Nc4cccc(F)c4)n2)S(=O)CC3)CC1.O=S1CCc2nc(N3CCC(c4cccc(Cl)c4)CC3)nc(Nc3cccc(F)c3)c21. The lowest BCUT2D eigenvalue weighted by molar-refractivity contribution is 0.0903. The standard InChI is InChI=1S/C24H22FN5OS.C23H22ClFN4OS.C23H30N4O2S.C21H22FN5O2S.2CH4/c25-18-7-4-8-19(15-18)27-22-21-20(9-14-32(21)31)28-23(29-22)30-12-10-24(16-26,11-13-30)17-5-2-1-3-6-17;24-17-4-1-3-16(13-17)15-7-10-29(11-8-15)23-27-20-9-12-31(30)21(20)22(28-23)26-19-6-2-5-18(25)14-19;1-16-3-2-4-18(15-16)17-5-10-27(11-6-17)23-25-20-9-14-30(28)21(20)22(26-23)24-19-7-12-29-13-8-19;1-13-12-29-20(23-13)14-5-8-27(9-6-14)21-25-17-7-10-30(28)18(17)19(26-21)24-16-4-2-3-15(22)11-16;;/h1-8,15H,9-14H2,(H,27,28,29);1-6,13-15H,7-12H2,(H,26,27,28);2-4,15,17,19H,5-14H2,1H3,(H,24,25,26);2-4,11-12,14H,5-10H2,1H3,(H,24,25,26);2*1H4. The van der Waals surface area contributed by atoms with Crippen molar-refractivity contribution >= 4 is 119 Å². The van der Waals surface area contributed by atoms with Crippen LogP contribution in [0.4, 0.5) is 77.3 Å². The largest absolute Gasteiger partial charge is 0.448 e. The number of halogens is 4. The number of nitrogens with one attached hydrogen (secondary N) is 4. The lowest BCUT2D eigenvalue weighted by atomic mass is 9.74. The van der Waals surface area contributed by atoms with E-state index < -0.39 is 48.6 Å². The number of hydrogen-bond acceptors (Lipinski definition) is 24. The number of nitriles is 1. The van der Waals surface area contributed by atoms with Gasteiger partial charge >= 0.3 is 0 Å². The molecule has 654 valence electrons. The van der Waals surface area contributed by atoms with Gasteiger partial charge in [-0.2, -0.15) is 25.2 Å². The molecule has 4 unspecified atom stereocenters. The summed E-state index contributed by atoms with van der Waals surface area (Å²) in [5.74, 6) is 8.26. The predicted octanol–water partition coefficient (Wildman–Crippen LogP) is 17.5. The van der Waals surface area contributed by atoms with Crippen molar-refractivity contribution in [1.82, 2.24) is 44.9 Å². The average Bonchev–Trinajstić information content (AvgIpc) is 1.67. The van der Waals surface area contributed by atoms with Crippen molar-refractivity contribution in [2.24, 2.45) is 0 Å². The van der Waals surface area contributed by atoms with Crippen LogP contribution in [0, 0.1) is 42.6 Å². The zero-order valence-corrected chi connectivity index (χ0v) is 72.5. The Labute approximate surface area is 743 Å². The second-order valence-electron chi connectivity index (χ2n) is 32.4. The molecule has 20 rings (SSSR count). The van der Waals surface area contributed by atoms with Crippen LogP contribution in [0.3, 0.4) is 0 Å². The van der Waals surface area contributed by atoms with E-state index in [9.17, 15) is 35.3 Å². The van der Waals surface area contributed by atoms with Gasteiger partial charge in [0.1, 0.15) is 49.1 Å². The third-order valence-electron chi connectivity index (χ3n) is 24.1. The smallest absolute Gasteiger partial charge is 0.227 e. The number of fused-ring (bicyclic) bond motifs is 4. The molecule has 5 fully saturated rings. The van der Waals surface area contributed by atoms with Gasteiger partial charge in [-0.25, -0.2) is 38.1 Å². The molecule has 6 aromatic carbocycles. The summed E-state index contributed by atoms with van der Waals surface area (Å²) in [6.07, 6.45) is 13.7. The molecule has 9 aliphatic heterocycles. The van der Waals surface area contributed by atoms with Crippen LogP contribution < -0.4 is 40.9 Å². The number of oxazole rings is 1. The molecule has 32 heteroatoms. The molecular weight excluding hydrogens is 1690 g/mol. The first kappa shape index (κ1) is 89.2. The minimum absolute atomic E-state index is 0. The van der Waals surface area contributed by atoms with Crippen molar-refractivity contribution in [3.8, 4) is 6.07 Å². The molecule has 9 aliphatic rings. The van der Waals surface area contributed by atoms with Crippen LogP contribution in [0.2, 0.25) is 5.02 Å². The second-order valence-corrected chi connectivity index (χ2v) is 38.8. The average molecular weight is 1790 g/mol. The summed E-state index contributed by atoms with van der Waals surface area (Å²) in [5, 5.41) is 23.8. The molecule has 0 radical (unpaired) electrons. The van der Waals surface area contributed by atoms with Crippen molar-refractivity contribution in [1.29, 1.82) is 5.26 Å². The van der Waals surface area contributed by atoms with Gasteiger partial charge in [0.2, 0.25) is 23.8 Å². The first-order valence-corrected chi connectivity index (χ1v) is 47.8. The molecular formula is C93H104ClF3N18O6S4. The Morgan fingerprint density at radius 2 is 0.824 bits per heavy atom. The normalized spacial score (nSPS) is 19.7. The van der Waals surface area contributed by atoms with Crippen LogP contribution in [-0.4, -0.2) is 156 Å². The number of piperidine rings is 4. The van der Waals surface area contributed by atoms with E-state index in [1.165, 1.54) is 53.1 Å². The summed E-state index contributed by atoms with van der Waals surface area (Å²) in [6, 6.07) is 48.3. The van der Waals surface area contributed by atoms with E-state index in [1.807, 2.05) is 55.5 Å². The Hall–Kier alpha value is -10.6. The number of benzene rings is 6. The van der Waals surface area contributed by atoms with E-state index in [0.29, 0.717) is 159 Å². The summed E-state index contributed by atoms with van der Waals surface area (Å²) in [4.78, 5) is 53.9. The molecule has 4 atom stereocenters. The lowest BCUT2D eigenvalue weighted by Gasteiger charge is -2.37. The maximum Gasteiger partial charge on any atom is 0.227 e. The van der Waals surface area contributed by atoms with E-state index >= 15 is 0 Å². The maximum absolute atomic E-state index is 13.7. The van der Waals surface area contributed by atoms with E-state index in [0.717, 1.165) is 172 Å². The molecule has 4 N–H and O–H groups in total. The van der Waals surface area contributed by atoms with Crippen LogP contribution in [0.15, 0.2) is 182 Å². The minimum atomic E-state index is -1.18. The molecule has 0 spiro atoms. The summed E-state index contributed by atoms with van der Waals surface area (Å²) < 4.78 is 102. The van der Waals surface area contributed by atoms with E-state index in [4.69, 9.17) is 60.6 Å². The van der Waals surface area contributed by atoms with Crippen molar-refractivity contribution in [2.75, 3.05) is 129 Å². The van der Waals surface area contributed by atoms with Gasteiger partial charge in [0.25, 0.3) is 0 Å². The predicted molar refractivity (Wildman–Crippen MR) is 490 cm³/mol. The van der Waals surface area contributed by atoms with Crippen LogP contribution in [0.5, 0.6) is 0 Å². The fourth-order valence-corrected chi connectivity index (χ4v) is 22.9. The highest BCUT2D eigenvalue weighted by molar-refractivity contribution is 7.86. The van der Waals surface area contributed by atoms with Crippen molar-refractivity contribution in [2.45, 2.75) is 167 Å². The highest BCUT2D eigenvalue weighted by Crippen LogP contribution is 2.42. The number of aromatic nitrogens is 9. The van der Waals surface area contributed by atoms with Gasteiger partial charge in [0.15, 0.2) is 23.3 Å². The highest BCUT2D eigenvalue weighted by Gasteiger charge is 2.40. The second kappa shape index (κ2) is 40.4. The van der Waals surface area contributed by atoms with Crippen molar-refractivity contribution in [3.63, 3.8) is 0 Å². The van der Waals surface area contributed by atoms with Gasteiger partial charge in [-0.15, -0.1) is 0 Å². The van der Waals surface area contributed by atoms with E-state index in [1.54, 1.807) is 42.7 Å². The number of anilines is 11. The van der Waals surface area contributed by atoms with Gasteiger partial charge < -0.3 is 50.0 Å². The molecule has 0 saturated carbocycles. The molecule has 0 amide bonds. The van der Waals surface area contributed by atoms with Crippen LogP contribution in [0.1, 0.15) is 153 Å². The minimum Gasteiger partial charge on any atom is -0.448 e. The third-order valence-corrected chi connectivity index (χ3v) is 30.2. The fourth-order valence-electron chi connectivity index (χ4n) is 17.5. The maximum atomic E-state index is 13.7. The zero-order valence-electron chi connectivity index (χ0n) is 68.5. The summed E-state index contributed by atoms with van der Waals surface area (Å²) in [7, 11) is -4.48. The van der Waals surface area contributed by atoms with Crippen LogP contribution in [-0.2, 0) is 79.0 Å². The highest BCUT2D eigenvalue weighted by atomic mass is 35.5. The van der Waals surface area contributed by atoms with Crippen molar-refractivity contribution < 1.29 is 39.2 Å². The Kier molecular flexibility index (Phi) is 28.8. The number of ether oxygens (including phenoxy) is 1. The Balaban J connectivity index is 0.000000128. The van der Waals surface area contributed by atoms with E-state index in [-0.39, 0.29) is 32.3 Å². The Bertz CT molecular complexity index is 5820. The van der Waals surface area contributed by atoms with E-state index in [2.05, 4.69) is 89.2 Å². The molecule has 0 aliphatic carbocycles. The number of rotatable bonds is 16. The molecule has 5 aromatic heterocycles. The molecule has 11 aromatic rings. The quantitative estimate of drug-likeness (QED) is 0.0699. The van der Waals surface area contributed by atoms with Crippen molar-refractivity contribution in [3.05, 3.63) is 237 Å². The number of hydrogen-bond donors (Lipinski definition) is 4. The molecule has 0 bridgehead atoms. The van der Waals surface area contributed by atoms with Gasteiger partial charge in [-0.3, -0.25) is 16.8 Å². The summed E-state index contributed by atoms with van der Waals surface area (Å²) in [6.45, 7) is 12.1. The molecule has 125 heavy (non-hydrogen) atoms. The first-order chi connectivity index (χ1) is 59.9. The monoisotopic (exact) mass is 1790 g/mol. The van der Waals surface area contributed by atoms with Gasteiger partial charge in [0.05, 0.1) is 83.2 Å². The molecule has 24 nitrogen and oxygen atoms in total. The zero-order chi connectivity index (χ0) is 84.7. The number of nitrogens with zero attached hydrogens (tertiary/aromatic N) is 14. The summed E-state index contributed by atoms with van der Waals surface area (Å²) >= 11 is 6.16. The number of aryl methyl sites for hydroxylation is 6. The van der Waals surface area contributed by atoms with Gasteiger partial charge in [-0.05, 0) is 173 Å². The molecule has 5 saturated heterocycles. The van der Waals surface area contributed by atoms with Crippen LogP contribution >= 0.6 is 11.6 Å².